The first-order chi connectivity index (χ1) is 13.6. The van der Waals surface area contributed by atoms with E-state index >= 15 is 0 Å². The Morgan fingerprint density at radius 2 is 1.86 bits per heavy atom. The molecule has 0 saturated heterocycles. The monoisotopic (exact) mass is 385 g/mol. The smallest absolute Gasteiger partial charge is 0.263 e. The minimum atomic E-state index is -0.523. The summed E-state index contributed by atoms with van der Waals surface area (Å²) in [7, 11) is 3.13. The second kappa shape index (κ2) is 8.90. The average Bonchev–Trinajstić information content (AvgIpc) is 3.13. The van der Waals surface area contributed by atoms with E-state index in [1.54, 1.807) is 49.4 Å². The number of hydrogen-bond donors (Lipinski definition) is 1. The maximum absolute atomic E-state index is 13.6. The molecule has 1 amide bonds. The number of nitrogens with zero attached hydrogens (tertiary/aromatic N) is 2. The molecule has 0 unspecified atom stereocenters. The van der Waals surface area contributed by atoms with Crippen LogP contribution < -0.4 is 19.5 Å². The van der Waals surface area contributed by atoms with Gasteiger partial charge in [-0.05, 0) is 18.2 Å². The lowest BCUT2D eigenvalue weighted by Gasteiger charge is -2.14. The molecule has 1 heterocycles. The van der Waals surface area contributed by atoms with Crippen LogP contribution >= 0.6 is 0 Å². The molecule has 0 spiro atoms. The van der Waals surface area contributed by atoms with Crippen molar-refractivity contribution in [2.45, 2.75) is 6.54 Å². The van der Waals surface area contributed by atoms with Crippen molar-refractivity contribution in [3.05, 3.63) is 66.1 Å². The van der Waals surface area contributed by atoms with E-state index in [0.29, 0.717) is 23.9 Å². The third kappa shape index (κ3) is 4.40. The minimum Gasteiger partial charge on any atom is -0.493 e. The van der Waals surface area contributed by atoms with Gasteiger partial charge in [0.1, 0.15) is 5.82 Å². The number of amides is 1. The number of halogens is 1. The number of hydrogen-bond acceptors (Lipinski definition) is 5. The van der Waals surface area contributed by atoms with Crippen LogP contribution in [0.4, 0.5) is 10.2 Å². The summed E-state index contributed by atoms with van der Waals surface area (Å²) in [6.07, 6.45) is 1.57. The number of ether oxygens (including phenoxy) is 3. The van der Waals surface area contributed by atoms with Gasteiger partial charge in [0.05, 0.1) is 27.0 Å². The van der Waals surface area contributed by atoms with Gasteiger partial charge in [-0.15, -0.1) is 0 Å². The Balaban J connectivity index is 1.67. The molecule has 0 saturated carbocycles. The molecule has 7 nitrogen and oxygen atoms in total. The van der Waals surface area contributed by atoms with Gasteiger partial charge in [0, 0.05) is 11.6 Å². The Hall–Kier alpha value is -3.55. The van der Waals surface area contributed by atoms with E-state index < -0.39 is 11.7 Å². The van der Waals surface area contributed by atoms with Gasteiger partial charge in [-0.1, -0.05) is 24.3 Å². The zero-order valence-electron chi connectivity index (χ0n) is 15.5. The summed E-state index contributed by atoms with van der Waals surface area (Å²) >= 11 is 0. The van der Waals surface area contributed by atoms with E-state index in [2.05, 4.69) is 10.4 Å². The maximum Gasteiger partial charge on any atom is 0.263 e. The highest BCUT2D eigenvalue weighted by molar-refractivity contribution is 5.91. The second-order valence-electron chi connectivity index (χ2n) is 5.79. The Morgan fingerprint density at radius 1 is 1.07 bits per heavy atom. The van der Waals surface area contributed by atoms with Crippen LogP contribution in [0.3, 0.4) is 0 Å². The van der Waals surface area contributed by atoms with E-state index in [1.165, 1.54) is 12.1 Å². The third-order valence-corrected chi connectivity index (χ3v) is 3.98. The molecule has 1 N–H and O–H groups in total. The Bertz CT molecular complexity index is 958. The minimum absolute atomic E-state index is 0.0206. The van der Waals surface area contributed by atoms with Crippen LogP contribution in [0.15, 0.2) is 54.7 Å². The summed E-state index contributed by atoms with van der Waals surface area (Å²) in [6, 6.07) is 13.1. The maximum atomic E-state index is 13.6. The molecule has 8 heteroatoms. The summed E-state index contributed by atoms with van der Waals surface area (Å²) in [5, 5.41) is 6.94. The lowest BCUT2D eigenvalue weighted by Crippen LogP contribution is -2.22. The number of carbonyl (C=O) groups excluding carboxylic acids is 1. The van der Waals surface area contributed by atoms with Crippen molar-refractivity contribution < 1.29 is 23.4 Å². The van der Waals surface area contributed by atoms with Crippen molar-refractivity contribution in [3.8, 4) is 17.2 Å². The Morgan fingerprint density at radius 3 is 2.61 bits per heavy atom. The topological polar surface area (TPSA) is 74.6 Å². The summed E-state index contributed by atoms with van der Waals surface area (Å²) in [5.74, 6) is 0.754. The predicted molar refractivity (Wildman–Crippen MR) is 101 cm³/mol. The van der Waals surface area contributed by atoms with Gasteiger partial charge >= 0.3 is 0 Å². The summed E-state index contributed by atoms with van der Waals surface area (Å²) < 4.78 is 31.1. The first kappa shape index (κ1) is 19.2. The summed E-state index contributed by atoms with van der Waals surface area (Å²) in [4.78, 5) is 12.2. The normalized spacial score (nSPS) is 10.4. The van der Waals surface area contributed by atoms with Gasteiger partial charge < -0.3 is 19.5 Å². The van der Waals surface area contributed by atoms with E-state index in [0.717, 1.165) is 5.56 Å². The number of carbonyl (C=O) groups is 1. The van der Waals surface area contributed by atoms with Crippen molar-refractivity contribution in [2.75, 3.05) is 26.1 Å². The Kier molecular flexibility index (Phi) is 6.11. The SMILES string of the molecule is COc1cccc(Cn2nccc2NC(=O)COc2ccccc2F)c1OC. The van der Waals surface area contributed by atoms with Gasteiger partial charge in [0.25, 0.3) is 5.91 Å². The zero-order valence-corrected chi connectivity index (χ0v) is 15.5. The molecule has 3 aromatic rings. The van der Waals surface area contributed by atoms with Gasteiger partial charge in [-0.2, -0.15) is 5.10 Å². The molecular weight excluding hydrogens is 365 g/mol. The molecule has 0 bridgehead atoms. The largest absolute Gasteiger partial charge is 0.493 e. The zero-order chi connectivity index (χ0) is 19.9. The van der Waals surface area contributed by atoms with E-state index in [4.69, 9.17) is 14.2 Å². The van der Waals surface area contributed by atoms with Crippen molar-refractivity contribution in [1.82, 2.24) is 9.78 Å². The van der Waals surface area contributed by atoms with Gasteiger partial charge in [-0.3, -0.25) is 4.79 Å². The fourth-order valence-electron chi connectivity index (χ4n) is 2.69. The molecule has 146 valence electrons. The van der Waals surface area contributed by atoms with Crippen LogP contribution in [-0.2, 0) is 11.3 Å². The van der Waals surface area contributed by atoms with Crippen LogP contribution in [0.25, 0.3) is 0 Å². The second-order valence-corrected chi connectivity index (χ2v) is 5.79. The molecule has 0 aliphatic heterocycles. The number of nitrogens with one attached hydrogen (secondary N) is 1. The predicted octanol–water partition coefficient (Wildman–Crippen LogP) is 3.11. The first-order valence-corrected chi connectivity index (χ1v) is 8.51. The van der Waals surface area contributed by atoms with E-state index in [9.17, 15) is 9.18 Å². The summed E-state index contributed by atoms with van der Waals surface area (Å²) in [6.45, 7) is 0.0335. The number of benzene rings is 2. The van der Waals surface area contributed by atoms with Crippen molar-refractivity contribution in [1.29, 1.82) is 0 Å². The van der Waals surface area contributed by atoms with Gasteiger partial charge in [-0.25, -0.2) is 9.07 Å². The number of anilines is 1. The standard InChI is InChI=1S/C20H20FN3O4/c1-26-17-9-5-6-14(20(17)27-2)12-24-18(10-11-22-24)23-19(25)13-28-16-8-4-3-7-15(16)21/h3-11H,12-13H2,1-2H3,(H,23,25). The lowest BCUT2D eigenvalue weighted by atomic mass is 10.2. The molecule has 0 radical (unpaired) electrons. The molecule has 0 aliphatic rings. The fraction of sp³-hybridized carbons (Fsp3) is 0.200. The Labute approximate surface area is 161 Å². The van der Waals surface area contributed by atoms with Crippen LogP contribution in [0.2, 0.25) is 0 Å². The van der Waals surface area contributed by atoms with Crippen molar-refractivity contribution in [3.63, 3.8) is 0 Å². The first-order valence-electron chi connectivity index (χ1n) is 8.51. The van der Waals surface area contributed by atoms with Gasteiger partial charge in [0.15, 0.2) is 29.7 Å². The molecule has 0 atom stereocenters. The van der Waals surface area contributed by atoms with Gasteiger partial charge in [0.2, 0.25) is 0 Å². The van der Waals surface area contributed by atoms with E-state index in [-0.39, 0.29) is 12.4 Å². The molecule has 3 rings (SSSR count). The van der Waals surface area contributed by atoms with Crippen LogP contribution in [0.1, 0.15) is 5.56 Å². The fourth-order valence-corrected chi connectivity index (χ4v) is 2.69. The van der Waals surface area contributed by atoms with Crippen LogP contribution in [-0.4, -0.2) is 36.5 Å². The quantitative estimate of drug-likeness (QED) is 0.645. The highest BCUT2D eigenvalue weighted by Crippen LogP contribution is 2.31. The molecule has 2 aromatic carbocycles. The molecule has 0 fully saturated rings. The molecular formula is C20H20FN3O4. The number of aromatic nitrogens is 2. The van der Waals surface area contributed by atoms with Crippen LogP contribution in [0.5, 0.6) is 17.2 Å². The van der Waals surface area contributed by atoms with Crippen molar-refractivity contribution >= 4 is 11.7 Å². The highest BCUT2D eigenvalue weighted by atomic mass is 19.1. The lowest BCUT2D eigenvalue weighted by molar-refractivity contribution is -0.118. The number of para-hydroxylation sites is 2. The highest BCUT2D eigenvalue weighted by Gasteiger charge is 2.14. The molecule has 28 heavy (non-hydrogen) atoms. The summed E-state index contributed by atoms with van der Waals surface area (Å²) in [5.41, 5.74) is 0.837. The molecule has 1 aromatic heterocycles. The third-order valence-electron chi connectivity index (χ3n) is 3.98. The average molecular weight is 385 g/mol. The van der Waals surface area contributed by atoms with Crippen molar-refractivity contribution in [2.24, 2.45) is 0 Å². The number of rotatable bonds is 8. The number of methoxy groups -OCH3 is 2. The molecule has 0 aliphatic carbocycles. The van der Waals surface area contributed by atoms with E-state index in [1.807, 2.05) is 12.1 Å². The van der Waals surface area contributed by atoms with Crippen LogP contribution in [0, 0.1) is 5.82 Å².